The fourth-order valence-electron chi connectivity index (χ4n) is 4.53. The standard InChI is InChI=1S/C29H39FN6O2S/c1-21-18-24(9-12-26(21)30)33-27-13-15-32-28(35-27)34-23-7-10-25(11-8-23)39(37,38)36-17-5-6-22(20-36)19-31-16-14-29(2,3)4/h7-13,15,18,22,31H,5-6,14,16-17,19-20H2,1-4H3,(H2,32,33,34,35). The number of rotatable bonds is 10. The molecule has 3 aromatic rings. The highest BCUT2D eigenvalue weighted by atomic mass is 32.2. The van der Waals surface area contributed by atoms with Gasteiger partial charge in [0.1, 0.15) is 11.6 Å². The van der Waals surface area contributed by atoms with Gasteiger partial charge in [-0.1, -0.05) is 20.8 Å². The maximum absolute atomic E-state index is 13.6. The van der Waals surface area contributed by atoms with Crippen LogP contribution in [0.15, 0.2) is 59.6 Å². The second-order valence-electron chi connectivity index (χ2n) is 11.4. The number of aryl methyl sites for hydroxylation is 1. The van der Waals surface area contributed by atoms with E-state index in [0.717, 1.165) is 32.4 Å². The van der Waals surface area contributed by atoms with Crippen LogP contribution in [-0.4, -0.2) is 48.9 Å². The fraction of sp³-hybridized carbons (Fsp3) is 0.448. The van der Waals surface area contributed by atoms with E-state index >= 15 is 0 Å². The molecule has 1 aliphatic heterocycles. The molecule has 1 atom stereocenters. The zero-order chi connectivity index (χ0) is 28.0. The third kappa shape index (κ3) is 8.20. The number of nitrogens with one attached hydrogen (secondary N) is 3. The van der Waals surface area contributed by atoms with Crippen molar-refractivity contribution in [2.75, 3.05) is 36.8 Å². The van der Waals surface area contributed by atoms with Crippen molar-refractivity contribution < 1.29 is 12.8 Å². The van der Waals surface area contributed by atoms with E-state index in [1.807, 2.05) is 0 Å². The molecule has 0 radical (unpaired) electrons. The molecule has 3 N–H and O–H groups in total. The van der Waals surface area contributed by atoms with Crippen LogP contribution in [0.1, 0.15) is 45.6 Å². The molecule has 8 nitrogen and oxygen atoms in total. The zero-order valence-electron chi connectivity index (χ0n) is 23.2. The number of nitrogens with zero attached hydrogens (tertiary/aromatic N) is 3. The fourth-order valence-corrected chi connectivity index (χ4v) is 6.08. The van der Waals surface area contributed by atoms with Crippen molar-refractivity contribution in [3.8, 4) is 0 Å². The molecule has 1 fully saturated rings. The maximum Gasteiger partial charge on any atom is 0.243 e. The molecule has 1 unspecified atom stereocenters. The number of halogens is 1. The monoisotopic (exact) mass is 554 g/mol. The summed E-state index contributed by atoms with van der Waals surface area (Å²) in [6.45, 7) is 11.2. The topological polar surface area (TPSA) is 99.2 Å². The Kier molecular flexibility index (Phi) is 9.19. The molecule has 0 aliphatic carbocycles. The summed E-state index contributed by atoms with van der Waals surface area (Å²) in [6.07, 6.45) is 4.59. The molecular formula is C29H39FN6O2S. The summed E-state index contributed by atoms with van der Waals surface area (Å²) < 4.78 is 41.9. The molecule has 1 aromatic heterocycles. The lowest BCUT2D eigenvalue weighted by atomic mass is 9.92. The van der Waals surface area contributed by atoms with Crippen LogP contribution < -0.4 is 16.0 Å². The Bertz CT molecular complexity index is 1360. The van der Waals surface area contributed by atoms with Gasteiger partial charge in [0.2, 0.25) is 16.0 Å². The van der Waals surface area contributed by atoms with Gasteiger partial charge in [-0.3, -0.25) is 0 Å². The number of anilines is 4. The van der Waals surface area contributed by atoms with Crippen LogP contribution in [0.2, 0.25) is 0 Å². The third-order valence-corrected chi connectivity index (χ3v) is 8.68. The molecule has 0 bridgehead atoms. The molecule has 210 valence electrons. The Morgan fingerprint density at radius 2 is 1.79 bits per heavy atom. The maximum atomic E-state index is 13.6. The molecule has 4 rings (SSSR count). The molecule has 1 saturated heterocycles. The van der Waals surface area contributed by atoms with Gasteiger partial charge in [-0.05, 0) is 105 Å². The van der Waals surface area contributed by atoms with E-state index in [4.69, 9.17) is 0 Å². The van der Waals surface area contributed by atoms with Gasteiger partial charge in [-0.15, -0.1) is 0 Å². The Morgan fingerprint density at radius 1 is 1.05 bits per heavy atom. The number of aromatic nitrogens is 2. The van der Waals surface area contributed by atoms with E-state index in [1.165, 1.54) is 6.07 Å². The molecule has 39 heavy (non-hydrogen) atoms. The second kappa shape index (κ2) is 12.4. The Labute approximate surface area is 231 Å². The lowest BCUT2D eigenvalue weighted by Gasteiger charge is -2.32. The Morgan fingerprint density at radius 3 is 2.51 bits per heavy atom. The molecule has 10 heteroatoms. The van der Waals surface area contributed by atoms with E-state index < -0.39 is 10.0 Å². The quantitative estimate of drug-likeness (QED) is 0.271. The van der Waals surface area contributed by atoms with Gasteiger partial charge in [0.15, 0.2) is 0 Å². The number of benzene rings is 2. The van der Waals surface area contributed by atoms with E-state index in [9.17, 15) is 12.8 Å². The highest BCUT2D eigenvalue weighted by Gasteiger charge is 2.30. The molecular weight excluding hydrogens is 515 g/mol. The van der Waals surface area contributed by atoms with E-state index in [2.05, 4.69) is 46.7 Å². The van der Waals surface area contributed by atoms with Crippen LogP contribution in [-0.2, 0) is 10.0 Å². The molecule has 0 spiro atoms. The summed E-state index contributed by atoms with van der Waals surface area (Å²) in [5.41, 5.74) is 2.21. The number of sulfonamides is 1. The van der Waals surface area contributed by atoms with Gasteiger partial charge < -0.3 is 16.0 Å². The minimum atomic E-state index is -3.58. The van der Waals surface area contributed by atoms with E-state index in [-0.39, 0.29) is 16.1 Å². The molecule has 0 amide bonds. The largest absolute Gasteiger partial charge is 0.340 e. The predicted molar refractivity (Wildman–Crippen MR) is 155 cm³/mol. The van der Waals surface area contributed by atoms with Gasteiger partial charge in [0, 0.05) is 30.7 Å². The van der Waals surface area contributed by atoms with Gasteiger partial charge in [-0.25, -0.2) is 17.8 Å². The van der Waals surface area contributed by atoms with Crippen molar-refractivity contribution in [3.05, 3.63) is 66.1 Å². The summed E-state index contributed by atoms with van der Waals surface area (Å²) in [5.74, 6) is 0.948. The van der Waals surface area contributed by atoms with Gasteiger partial charge in [-0.2, -0.15) is 9.29 Å². The molecule has 0 saturated carbocycles. The lowest BCUT2D eigenvalue weighted by molar-refractivity contribution is 0.256. The van der Waals surface area contributed by atoms with Crippen LogP contribution in [0.25, 0.3) is 0 Å². The second-order valence-corrected chi connectivity index (χ2v) is 13.3. The summed E-state index contributed by atoms with van der Waals surface area (Å²) in [6, 6.07) is 13.1. The first kappa shape index (κ1) is 28.9. The summed E-state index contributed by atoms with van der Waals surface area (Å²) in [4.78, 5) is 8.98. The first-order valence-corrected chi connectivity index (χ1v) is 14.9. The first-order valence-electron chi connectivity index (χ1n) is 13.4. The number of hydrogen-bond acceptors (Lipinski definition) is 7. The van der Waals surface area contributed by atoms with E-state index in [0.29, 0.717) is 47.7 Å². The third-order valence-electron chi connectivity index (χ3n) is 6.80. The van der Waals surface area contributed by atoms with Crippen molar-refractivity contribution in [3.63, 3.8) is 0 Å². The molecule has 2 aromatic carbocycles. The first-order chi connectivity index (χ1) is 18.5. The SMILES string of the molecule is Cc1cc(Nc2ccnc(Nc3ccc(S(=O)(=O)N4CCCC(CNCCC(C)(C)C)C4)cc3)n2)ccc1F. The van der Waals surface area contributed by atoms with Crippen molar-refractivity contribution in [2.24, 2.45) is 11.3 Å². The van der Waals surface area contributed by atoms with Crippen LogP contribution in [0.3, 0.4) is 0 Å². The van der Waals surface area contributed by atoms with Crippen LogP contribution in [0.5, 0.6) is 0 Å². The number of piperidine rings is 1. The predicted octanol–water partition coefficient (Wildman–Crippen LogP) is 5.84. The Hall–Kier alpha value is -3.08. The van der Waals surface area contributed by atoms with Gasteiger partial charge in [0.25, 0.3) is 0 Å². The highest BCUT2D eigenvalue weighted by Crippen LogP contribution is 2.26. The minimum Gasteiger partial charge on any atom is -0.340 e. The van der Waals surface area contributed by atoms with Crippen molar-refractivity contribution in [1.82, 2.24) is 19.6 Å². The van der Waals surface area contributed by atoms with Gasteiger partial charge in [0.05, 0.1) is 4.90 Å². The van der Waals surface area contributed by atoms with Crippen molar-refractivity contribution >= 4 is 33.2 Å². The van der Waals surface area contributed by atoms with Crippen LogP contribution >= 0.6 is 0 Å². The van der Waals surface area contributed by atoms with E-state index in [1.54, 1.807) is 59.9 Å². The normalized spacial score (nSPS) is 16.7. The summed E-state index contributed by atoms with van der Waals surface area (Å²) >= 11 is 0. The van der Waals surface area contributed by atoms with Crippen molar-refractivity contribution in [2.45, 2.75) is 51.9 Å². The van der Waals surface area contributed by atoms with Gasteiger partial charge >= 0.3 is 0 Å². The minimum absolute atomic E-state index is 0.264. The van der Waals surface area contributed by atoms with Crippen LogP contribution in [0, 0.1) is 24.1 Å². The molecule has 1 aliphatic rings. The zero-order valence-corrected chi connectivity index (χ0v) is 24.0. The highest BCUT2D eigenvalue weighted by molar-refractivity contribution is 7.89. The molecule has 2 heterocycles. The smallest absolute Gasteiger partial charge is 0.243 e. The average Bonchev–Trinajstić information content (AvgIpc) is 2.89. The van der Waals surface area contributed by atoms with Crippen LogP contribution in [0.4, 0.5) is 27.5 Å². The summed E-state index contributed by atoms with van der Waals surface area (Å²) in [5, 5.41) is 9.77. The average molecular weight is 555 g/mol. The van der Waals surface area contributed by atoms with Crippen molar-refractivity contribution in [1.29, 1.82) is 0 Å². The summed E-state index contributed by atoms with van der Waals surface area (Å²) in [7, 11) is -3.58. The lowest BCUT2D eigenvalue weighted by Crippen LogP contribution is -2.43. The number of hydrogen-bond donors (Lipinski definition) is 3. The Balaban J connectivity index is 1.35.